The highest BCUT2D eigenvalue weighted by molar-refractivity contribution is 5.69. The molecule has 0 heterocycles. The fraction of sp³-hybridized carbons (Fsp3) is 0.609. The van der Waals surface area contributed by atoms with E-state index < -0.39 is 0 Å². The van der Waals surface area contributed by atoms with E-state index in [1.807, 2.05) is 0 Å². The van der Waals surface area contributed by atoms with Gasteiger partial charge in [0.2, 0.25) is 0 Å². The van der Waals surface area contributed by atoms with E-state index >= 15 is 0 Å². The molecule has 392 valence electrons. The molecular formula is C69H104O2. The first-order valence-electron chi connectivity index (χ1n) is 29.4. The molecule has 0 aromatic rings. The van der Waals surface area contributed by atoms with Gasteiger partial charge in [-0.05, 0) is 188 Å². The predicted octanol–water partition coefficient (Wildman–Crippen LogP) is 20.9. The molecule has 0 aromatic carbocycles. The normalized spacial score (nSPS) is 26.9. The molecule has 0 amide bonds. The van der Waals surface area contributed by atoms with E-state index in [4.69, 9.17) is 4.74 Å². The van der Waals surface area contributed by atoms with Crippen LogP contribution in [0.4, 0.5) is 0 Å². The van der Waals surface area contributed by atoms with Gasteiger partial charge in [-0.1, -0.05) is 218 Å². The maximum absolute atomic E-state index is 12.9. The third-order valence-corrected chi connectivity index (χ3v) is 16.8. The van der Waals surface area contributed by atoms with Gasteiger partial charge in [-0.15, -0.1) is 0 Å². The van der Waals surface area contributed by atoms with Crippen molar-refractivity contribution in [2.45, 2.75) is 221 Å². The first-order valence-corrected chi connectivity index (χ1v) is 29.4. The van der Waals surface area contributed by atoms with Crippen molar-refractivity contribution in [3.8, 4) is 0 Å². The molecule has 2 nitrogen and oxygen atoms in total. The van der Waals surface area contributed by atoms with Gasteiger partial charge in [-0.25, -0.2) is 0 Å². The first kappa shape index (κ1) is 59.7. The molecule has 3 fully saturated rings. The Kier molecular flexibility index (Phi) is 30.3. The molecule has 0 radical (unpaired) electrons. The minimum Gasteiger partial charge on any atom is -0.462 e. The highest BCUT2D eigenvalue weighted by Gasteiger charge is 2.59. The predicted molar refractivity (Wildman–Crippen MR) is 312 cm³/mol. The smallest absolute Gasteiger partial charge is 0.306 e. The number of allylic oxidation sites excluding steroid dienone is 25. The van der Waals surface area contributed by atoms with Gasteiger partial charge >= 0.3 is 5.97 Å². The van der Waals surface area contributed by atoms with Crippen LogP contribution in [0.2, 0.25) is 0 Å². The second-order valence-electron chi connectivity index (χ2n) is 22.5. The third kappa shape index (κ3) is 22.8. The molecule has 0 saturated heterocycles. The van der Waals surface area contributed by atoms with Gasteiger partial charge in [0.15, 0.2) is 0 Å². The average molecular weight is 966 g/mol. The van der Waals surface area contributed by atoms with Gasteiger partial charge < -0.3 is 4.74 Å². The summed E-state index contributed by atoms with van der Waals surface area (Å²) >= 11 is 0. The lowest BCUT2D eigenvalue weighted by molar-refractivity contribution is -0.151. The zero-order valence-corrected chi connectivity index (χ0v) is 46.4. The molecule has 4 rings (SSSR count). The maximum Gasteiger partial charge on any atom is 0.306 e. The minimum absolute atomic E-state index is 0.0143. The zero-order chi connectivity index (χ0) is 50.7. The molecule has 0 bridgehead atoms. The Morgan fingerprint density at radius 3 is 1.48 bits per heavy atom. The standard InChI is InChI=1S/C69H104O2/c1-7-8-9-10-11-12-13-14-15-16-17-18-19-20-21-22-23-24-25-26-27-28-29-30-31-32-33-34-35-36-37-38-39-40-41-42-43-44-45-49-67(70)71-62-54-56-68(5)61(58-62)50-51-63-65-53-52-64(60(4)48-46-47-59(2)3)69(65,6)57-55-66(63)68/h8-9,11-12,14-15,17-18,20-21,23-24,26-27,29-30,32-33,35-36,38-39,41-42,50,59-60,62-66H,7,10,13,16,19,22,25,28,31,34,37,40,43-49,51-58H2,1-6H3/b9-8-,12-11-,15-14-,18-17-,21-20-,24-23-,27-26-,30-29-,33-32-,36-35-,39-38-,42-41-. The SMILES string of the molecule is CC/C=C\C/C=C\C/C=C\C/C=C\C/C=C\C/C=C\C/C=C\C/C=C\C/C=C\C/C=C\C/C=C\C/C=C\CCCCC(=O)OC1CCC2(C)C(=CCC3C2CCC2(C)C(C(C)CCCC(C)C)CCC32)C1. The molecule has 4 aliphatic carbocycles. The number of ether oxygens (including phenoxy) is 1. The van der Waals surface area contributed by atoms with Crippen LogP contribution in [0.1, 0.15) is 215 Å². The fourth-order valence-electron chi connectivity index (χ4n) is 12.8. The number of esters is 1. The number of hydrogen-bond acceptors (Lipinski definition) is 2. The number of unbranched alkanes of at least 4 members (excludes halogenated alkanes) is 2. The first-order chi connectivity index (χ1) is 34.7. The summed E-state index contributed by atoms with van der Waals surface area (Å²) in [4.78, 5) is 12.9. The molecular weight excluding hydrogens is 861 g/mol. The Morgan fingerprint density at radius 2 is 1.01 bits per heavy atom. The van der Waals surface area contributed by atoms with Gasteiger partial charge in [0.05, 0.1) is 0 Å². The van der Waals surface area contributed by atoms with E-state index in [0.29, 0.717) is 17.3 Å². The largest absolute Gasteiger partial charge is 0.462 e. The van der Waals surface area contributed by atoms with Gasteiger partial charge in [0.25, 0.3) is 0 Å². The van der Waals surface area contributed by atoms with Crippen LogP contribution in [-0.4, -0.2) is 12.1 Å². The average Bonchev–Trinajstić information content (AvgIpc) is 3.72. The summed E-state index contributed by atoms with van der Waals surface area (Å²) in [5.41, 5.74) is 2.46. The summed E-state index contributed by atoms with van der Waals surface area (Å²) in [5, 5.41) is 0. The fourth-order valence-corrected chi connectivity index (χ4v) is 12.8. The summed E-state index contributed by atoms with van der Waals surface area (Å²) in [7, 11) is 0. The van der Waals surface area contributed by atoms with E-state index in [1.165, 1.54) is 57.8 Å². The lowest BCUT2D eigenvalue weighted by Crippen LogP contribution is -2.51. The summed E-state index contributed by atoms with van der Waals surface area (Å²) in [6, 6.07) is 0. The van der Waals surface area contributed by atoms with Crippen molar-refractivity contribution < 1.29 is 9.53 Å². The summed E-state index contributed by atoms with van der Waals surface area (Å²) in [6.07, 6.45) is 86.7. The van der Waals surface area contributed by atoms with Crippen molar-refractivity contribution >= 4 is 5.97 Å². The van der Waals surface area contributed by atoms with Crippen LogP contribution >= 0.6 is 0 Å². The van der Waals surface area contributed by atoms with Crippen LogP contribution < -0.4 is 0 Å². The number of carbonyl (C=O) groups excluding carboxylic acids is 1. The molecule has 0 spiro atoms. The second-order valence-corrected chi connectivity index (χ2v) is 22.5. The monoisotopic (exact) mass is 965 g/mol. The van der Waals surface area contributed by atoms with E-state index in [-0.39, 0.29) is 12.1 Å². The molecule has 2 heteroatoms. The summed E-state index contributed by atoms with van der Waals surface area (Å²) < 4.78 is 6.14. The highest BCUT2D eigenvalue weighted by Crippen LogP contribution is 2.67. The molecule has 4 aliphatic rings. The van der Waals surface area contributed by atoms with Gasteiger partial charge in [-0.2, -0.15) is 0 Å². The van der Waals surface area contributed by atoms with Gasteiger partial charge in [-0.3, -0.25) is 4.79 Å². The van der Waals surface area contributed by atoms with Gasteiger partial charge in [0, 0.05) is 12.8 Å². The zero-order valence-electron chi connectivity index (χ0n) is 46.4. The van der Waals surface area contributed by atoms with Gasteiger partial charge in [0.1, 0.15) is 6.10 Å². The van der Waals surface area contributed by atoms with Crippen LogP contribution in [0.5, 0.6) is 0 Å². The molecule has 0 N–H and O–H groups in total. The van der Waals surface area contributed by atoms with Crippen LogP contribution in [-0.2, 0) is 9.53 Å². The quantitative estimate of drug-likeness (QED) is 0.0365. The number of hydrogen-bond donors (Lipinski definition) is 0. The molecule has 0 aromatic heterocycles. The summed E-state index contributed by atoms with van der Waals surface area (Å²) in [6.45, 7) is 14.8. The Bertz CT molecular complexity index is 1860. The van der Waals surface area contributed by atoms with Crippen molar-refractivity contribution in [1.82, 2.24) is 0 Å². The molecule has 0 aliphatic heterocycles. The summed E-state index contributed by atoms with van der Waals surface area (Å²) in [5.74, 6) is 5.18. The third-order valence-electron chi connectivity index (χ3n) is 16.8. The molecule has 3 saturated carbocycles. The molecule has 71 heavy (non-hydrogen) atoms. The van der Waals surface area contributed by atoms with E-state index in [1.54, 1.807) is 5.57 Å². The van der Waals surface area contributed by atoms with Crippen molar-refractivity contribution in [1.29, 1.82) is 0 Å². The maximum atomic E-state index is 12.9. The number of rotatable bonds is 34. The van der Waals surface area contributed by atoms with Crippen LogP contribution in [0.25, 0.3) is 0 Å². The van der Waals surface area contributed by atoms with Crippen molar-refractivity contribution in [2.75, 3.05) is 0 Å². The van der Waals surface area contributed by atoms with E-state index in [9.17, 15) is 4.79 Å². The Hall–Kier alpha value is -3.91. The van der Waals surface area contributed by atoms with Crippen LogP contribution in [0.3, 0.4) is 0 Å². The van der Waals surface area contributed by atoms with E-state index in [2.05, 4.69) is 193 Å². The van der Waals surface area contributed by atoms with E-state index in [0.717, 1.165) is 145 Å². The Balaban J connectivity index is 0.939. The number of carbonyl (C=O) groups is 1. The van der Waals surface area contributed by atoms with Crippen LogP contribution in [0.15, 0.2) is 157 Å². The van der Waals surface area contributed by atoms with Crippen molar-refractivity contribution in [2.24, 2.45) is 46.3 Å². The topological polar surface area (TPSA) is 26.3 Å². The highest BCUT2D eigenvalue weighted by atomic mass is 16.5. The molecule has 8 unspecified atom stereocenters. The minimum atomic E-state index is 0.0143. The number of fused-ring (bicyclic) bond motifs is 5. The van der Waals surface area contributed by atoms with Crippen LogP contribution in [0, 0.1) is 46.3 Å². The van der Waals surface area contributed by atoms with Crippen molar-refractivity contribution in [3.05, 3.63) is 157 Å². The lowest BCUT2D eigenvalue weighted by atomic mass is 9.47. The Labute approximate surface area is 438 Å². The second kappa shape index (κ2) is 36.1. The van der Waals surface area contributed by atoms with Crippen molar-refractivity contribution in [3.63, 3.8) is 0 Å². The molecule has 8 atom stereocenters. The lowest BCUT2D eigenvalue weighted by Gasteiger charge is -2.58. The Morgan fingerprint density at radius 1 is 0.549 bits per heavy atom.